The van der Waals surface area contributed by atoms with Crippen LogP contribution in [0.15, 0.2) is 12.5 Å². The lowest BCUT2D eigenvalue weighted by Gasteiger charge is -2.34. The Hall–Kier alpha value is -1.49. The fraction of sp³-hybridized carbons (Fsp3) is 0.643. The molecule has 5 heteroatoms. The van der Waals surface area contributed by atoms with E-state index < -0.39 is 5.97 Å². The molecule has 1 fully saturated rings. The summed E-state index contributed by atoms with van der Waals surface area (Å²) in [7, 11) is 0. The van der Waals surface area contributed by atoms with Crippen molar-refractivity contribution in [3.05, 3.63) is 23.8 Å². The van der Waals surface area contributed by atoms with Crippen LogP contribution >= 0.6 is 0 Å². The summed E-state index contributed by atoms with van der Waals surface area (Å²) in [6, 6.07) is 0.445. The summed E-state index contributed by atoms with van der Waals surface area (Å²) < 4.78 is 0. The minimum Gasteiger partial charge on any atom is -0.478 e. The fourth-order valence-corrected chi connectivity index (χ4v) is 2.77. The number of nitrogens with one attached hydrogen (secondary N) is 1. The van der Waals surface area contributed by atoms with Crippen LogP contribution in [0.3, 0.4) is 0 Å². The summed E-state index contributed by atoms with van der Waals surface area (Å²) in [6.45, 7) is 5.04. The van der Waals surface area contributed by atoms with Crippen LogP contribution in [0.5, 0.6) is 0 Å². The van der Waals surface area contributed by atoms with E-state index in [-0.39, 0.29) is 5.56 Å². The van der Waals surface area contributed by atoms with Crippen LogP contribution in [0.25, 0.3) is 0 Å². The molecule has 3 unspecified atom stereocenters. The molecular formula is C14H21N3O2. The fourth-order valence-electron chi connectivity index (χ4n) is 2.77. The summed E-state index contributed by atoms with van der Waals surface area (Å²) >= 11 is 0. The van der Waals surface area contributed by atoms with E-state index >= 15 is 0 Å². The smallest absolute Gasteiger partial charge is 0.339 e. The first-order valence-corrected chi connectivity index (χ1v) is 6.85. The van der Waals surface area contributed by atoms with Gasteiger partial charge in [0.25, 0.3) is 0 Å². The Balaban J connectivity index is 2.00. The van der Waals surface area contributed by atoms with E-state index in [2.05, 4.69) is 29.1 Å². The number of hydrogen-bond acceptors (Lipinski definition) is 4. The van der Waals surface area contributed by atoms with Crippen molar-refractivity contribution >= 4 is 5.97 Å². The van der Waals surface area contributed by atoms with Crippen molar-refractivity contribution in [2.45, 2.75) is 45.7 Å². The van der Waals surface area contributed by atoms with Gasteiger partial charge in [-0.15, -0.1) is 0 Å². The predicted octanol–water partition coefficient (Wildman–Crippen LogP) is 2.09. The summed E-state index contributed by atoms with van der Waals surface area (Å²) in [5.41, 5.74) is 0.749. The molecule has 0 saturated heterocycles. The van der Waals surface area contributed by atoms with Crippen LogP contribution < -0.4 is 5.32 Å². The molecule has 1 heterocycles. The first-order valence-electron chi connectivity index (χ1n) is 6.85. The highest BCUT2D eigenvalue weighted by Crippen LogP contribution is 2.29. The van der Waals surface area contributed by atoms with Gasteiger partial charge in [0.1, 0.15) is 11.9 Å². The second-order valence-electron chi connectivity index (χ2n) is 5.44. The molecule has 1 aliphatic rings. The monoisotopic (exact) mass is 263 g/mol. The molecular weight excluding hydrogens is 242 g/mol. The summed E-state index contributed by atoms with van der Waals surface area (Å²) in [5.74, 6) is 0.363. The SMILES string of the molecule is CC1CCCC(NCc2ncncc2C(=O)O)C1C. The number of rotatable bonds is 4. The summed E-state index contributed by atoms with van der Waals surface area (Å²) in [4.78, 5) is 18.9. The molecule has 5 nitrogen and oxygen atoms in total. The lowest BCUT2D eigenvalue weighted by Crippen LogP contribution is -2.40. The van der Waals surface area contributed by atoms with Crippen molar-refractivity contribution in [1.29, 1.82) is 0 Å². The molecule has 0 spiro atoms. The normalized spacial score (nSPS) is 27.2. The molecule has 1 aromatic rings. The number of nitrogens with zero attached hydrogens (tertiary/aromatic N) is 2. The van der Waals surface area contributed by atoms with Gasteiger partial charge in [-0.2, -0.15) is 0 Å². The number of aromatic nitrogens is 2. The maximum atomic E-state index is 11.1. The molecule has 0 aliphatic heterocycles. The molecule has 2 N–H and O–H groups in total. The highest BCUT2D eigenvalue weighted by Gasteiger charge is 2.26. The Kier molecular flexibility index (Phi) is 4.47. The van der Waals surface area contributed by atoms with Gasteiger partial charge in [0.15, 0.2) is 0 Å². The zero-order chi connectivity index (χ0) is 13.8. The molecule has 0 radical (unpaired) electrons. The maximum absolute atomic E-state index is 11.1. The number of hydrogen-bond donors (Lipinski definition) is 2. The predicted molar refractivity (Wildman–Crippen MR) is 71.8 cm³/mol. The van der Waals surface area contributed by atoms with Crippen molar-refractivity contribution in [3.8, 4) is 0 Å². The maximum Gasteiger partial charge on any atom is 0.339 e. The van der Waals surface area contributed by atoms with Crippen LogP contribution in [0.2, 0.25) is 0 Å². The Labute approximate surface area is 113 Å². The highest BCUT2D eigenvalue weighted by atomic mass is 16.4. The van der Waals surface area contributed by atoms with Crippen molar-refractivity contribution in [2.75, 3.05) is 0 Å². The van der Waals surface area contributed by atoms with Crippen molar-refractivity contribution in [3.63, 3.8) is 0 Å². The van der Waals surface area contributed by atoms with Gasteiger partial charge in [-0.3, -0.25) is 0 Å². The average molecular weight is 263 g/mol. The van der Waals surface area contributed by atoms with E-state index in [9.17, 15) is 4.79 Å². The Bertz CT molecular complexity index is 450. The van der Waals surface area contributed by atoms with E-state index in [4.69, 9.17) is 5.11 Å². The Morgan fingerprint density at radius 3 is 3.00 bits per heavy atom. The number of carbonyl (C=O) groups is 1. The summed E-state index contributed by atoms with van der Waals surface area (Å²) in [6.07, 6.45) is 6.43. The largest absolute Gasteiger partial charge is 0.478 e. The Morgan fingerprint density at radius 2 is 2.26 bits per heavy atom. The Morgan fingerprint density at radius 1 is 1.47 bits per heavy atom. The molecule has 0 amide bonds. The average Bonchev–Trinajstić information content (AvgIpc) is 2.40. The van der Waals surface area contributed by atoms with Crippen molar-refractivity contribution in [1.82, 2.24) is 15.3 Å². The zero-order valence-electron chi connectivity index (χ0n) is 11.5. The zero-order valence-corrected chi connectivity index (χ0v) is 11.5. The molecule has 0 bridgehead atoms. The molecule has 19 heavy (non-hydrogen) atoms. The van der Waals surface area contributed by atoms with Gasteiger partial charge in [-0.25, -0.2) is 14.8 Å². The van der Waals surface area contributed by atoms with E-state index in [0.717, 1.165) is 12.3 Å². The quantitative estimate of drug-likeness (QED) is 0.870. The molecule has 1 aromatic heterocycles. The van der Waals surface area contributed by atoms with Gasteiger partial charge in [0.2, 0.25) is 0 Å². The van der Waals surface area contributed by atoms with Gasteiger partial charge < -0.3 is 10.4 Å². The van der Waals surface area contributed by atoms with Crippen molar-refractivity contribution in [2.24, 2.45) is 11.8 Å². The second-order valence-corrected chi connectivity index (χ2v) is 5.44. The molecule has 0 aromatic carbocycles. The number of carboxylic acids is 1. The van der Waals surface area contributed by atoms with Crippen LogP contribution in [-0.4, -0.2) is 27.1 Å². The van der Waals surface area contributed by atoms with Crippen LogP contribution in [0, 0.1) is 11.8 Å². The first-order chi connectivity index (χ1) is 9.09. The molecule has 3 atom stereocenters. The summed E-state index contributed by atoms with van der Waals surface area (Å²) in [5, 5.41) is 12.5. The van der Waals surface area contributed by atoms with Crippen molar-refractivity contribution < 1.29 is 9.90 Å². The lowest BCUT2D eigenvalue weighted by atomic mass is 9.78. The van der Waals surface area contributed by atoms with Gasteiger partial charge in [-0.05, 0) is 18.3 Å². The number of carboxylic acid groups (broad SMARTS) is 1. The molecule has 104 valence electrons. The van der Waals surface area contributed by atoms with Gasteiger partial charge in [0, 0.05) is 18.8 Å². The molecule has 1 saturated carbocycles. The third-order valence-corrected chi connectivity index (χ3v) is 4.26. The van der Waals surface area contributed by atoms with E-state index in [1.807, 2.05) is 0 Å². The lowest BCUT2D eigenvalue weighted by molar-refractivity contribution is 0.0694. The third kappa shape index (κ3) is 3.29. The molecule has 1 aliphatic carbocycles. The van der Waals surface area contributed by atoms with E-state index in [1.54, 1.807) is 0 Å². The number of aromatic carboxylic acids is 1. The third-order valence-electron chi connectivity index (χ3n) is 4.26. The van der Waals surface area contributed by atoms with Crippen LogP contribution in [-0.2, 0) is 6.54 Å². The topological polar surface area (TPSA) is 75.1 Å². The minimum atomic E-state index is -0.970. The minimum absolute atomic E-state index is 0.187. The molecule has 2 rings (SSSR count). The standard InChI is InChI=1S/C14H21N3O2/c1-9-4-3-5-12(10(9)2)16-7-13-11(14(18)19)6-15-8-17-13/h6,8-10,12,16H,3-5,7H2,1-2H3,(H,18,19). The van der Waals surface area contributed by atoms with Gasteiger partial charge in [0.05, 0.1) is 5.69 Å². The van der Waals surface area contributed by atoms with E-state index in [0.29, 0.717) is 24.2 Å². The van der Waals surface area contributed by atoms with Gasteiger partial charge in [-0.1, -0.05) is 26.7 Å². The highest BCUT2D eigenvalue weighted by molar-refractivity contribution is 5.88. The van der Waals surface area contributed by atoms with Crippen LogP contribution in [0.1, 0.15) is 49.2 Å². The van der Waals surface area contributed by atoms with Gasteiger partial charge >= 0.3 is 5.97 Å². The van der Waals surface area contributed by atoms with Crippen LogP contribution in [0.4, 0.5) is 0 Å². The first kappa shape index (κ1) is 13.9. The van der Waals surface area contributed by atoms with E-state index in [1.165, 1.54) is 25.4 Å². The second kappa shape index (κ2) is 6.10.